The minimum Gasteiger partial charge on any atom is -0.481 e. The Morgan fingerprint density at radius 3 is 2.60 bits per heavy atom. The molecular weight excluding hydrogens is 290 g/mol. The molecule has 0 bridgehead atoms. The highest BCUT2D eigenvalue weighted by Gasteiger charge is 2.38. The first-order valence-corrected chi connectivity index (χ1v) is 7.07. The summed E-state index contributed by atoms with van der Waals surface area (Å²) in [6.45, 7) is 0.261. The maximum Gasteiger partial charge on any atom is 0.363 e. The highest BCUT2D eigenvalue weighted by atomic mass is 32.2. The van der Waals surface area contributed by atoms with Crippen molar-refractivity contribution in [3.8, 4) is 0 Å². The van der Waals surface area contributed by atoms with Crippen molar-refractivity contribution in [3.63, 3.8) is 0 Å². The fourth-order valence-corrected chi connectivity index (χ4v) is 3.42. The third-order valence-corrected chi connectivity index (χ3v) is 4.75. The number of pyridine rings is 1. The van der Waals surface area contributed by atoms with Crippen LogP contribution in [0.5, 0.6) is 0 Å². The van der Waals surface area contributed by atoms with Crippen LogP contribution in [0.1, 0.15) is 6.42 Å². The summed E-state index contributed by atoms with van der Waals surface area (Å²) in [5.74, 6) is -1.60. The molecule has 2 rings (SSSR count). The molecule has 0 aromatic carbocycles. The van der Waals surface area contributed by atoms with Gasteiger partial charge in [0.1, 0.15) is 4.90 Å². The van der Waals surface area contributed by atoms with Crippen LogP contribution in [0.25, 0.3) is 0 Å². The van der Waals surface area contributed by atoms with Crippen LogP contribution in [-0.2, 0) is 14.8 Å². The first-order chi connectivity index (χ1) is 9.30. The quantitative estimate of drug-likeness (QED) is 0.602. The van der Waals surface area contributed by atoms with Gasteiger partial charge in [-0.2, -0.15) is 4.31 Å². The van der Waals surface area contributed by atoms with Crippen molar-refractivity contribution in [1.82, 2.24) is 9.29 Å². The zero-order valence-electron chi connectivity index (χ0n) is 10.2. The number of hydrogen-bond donors (Lipinski definition) is 1. The van der Waals surface area contributed by atoms with E-state index in [1.165, 1.54) is 0 Å². The number of carboxylic acids is 1. The molecule has 1 aliphatic rings. The van der Waals surface area contributed by atoms with E-state index in [9.17, 15) is 23.3 Å². The van der Waals surface area contributed by atoms with Crippen molar-refractivity contribution >= 4 is 21.8 Å². The van der Waals surface area contributed by atoms with E-state index in [1.807, 2.05) is 0 Å². The molecule has 1 saturated heterocycles. The van der Waals surface area contributed by atoms with Gasteiger partial charge in [0, 0.05) is 19.2 Å². The van der Waals surface area contributed by atoms with Gasteiger partial charge in [0.2, 0.25) is 10.0 Å². The van der Waals surface area contributed by atoms with Crippen LogP contribution >= 0.6 is 0 Å². The molecule has 0 aliphatic carbocycles. The smallest absolute Gasteiger partial charge is 0.363 e. The van der Waals surface area contributed by atoms with Crippen molar-refractivity contribution in [2.45, 2.75) is 11.3 Å². The number of rotatable bonds is 5. The summed E-state index contributed by atoms with van der Waals surface area (Å²) in [6, 6.07) is 2.13. The van der Waals surface area contributed by atoms with Gasteiger partial charge in [0.05, 0.1) is 6.42 Å². The second-order valence-electron chi connectivity index (χ2n) is 4.40. The summed E-state index contributed by atoms with van der Waals surface area (Å²) in [4.78, 5) is 23.5. The standard InChI is InChI=1S/C10H11N3O6S/c14-10(15)3-7-5-12(6-7)20(18,19)8-1-2-9(11-4-8)13(16)17/h1-2,4,7H,3,5-6H2,(H,14,15). The lowest BCUT2D eigenvalue weighted by Crippen LogP contribution is -2.50. The van der Waals surface area contributed by atoms with Gasteiger partial charge < -0.3 is 15.2 Å². The number of carbonyl (C=O) groups is 1. The second kappa shape index (κ2) is 5.13. The molecule has 1 fully saturated rings. The fraction of sp³-hybridized carbons (Fsp3) is 0.400. The van der Waals surface area contributed by atoms with Crippen molar-refractivity contribution in [1.29, 1.82) is 0 Å². The normalized spacial score (nSPS) is 16.6. The van der Waals surface area contributed by atoms with E-state index in [2.05, 4.69) is 4.98 Å². The molecular formula is C10H11N3O6S. The molecule has 0 unspecified atom stereocenters. The number of sulfonamides is 1. The molecule has 1 N–H and O–H groups in total. The van der Waals surface area contributed by atoms with Gasteiger partial charge >= 0.3 is 11.8 Å². The minimum absolute atomic E-state index is 0.0788. The topological polar surface area (TPSA) is 131 Å². The Bertz CT molecular complexity index is 635. The van der Waals surface area contributed by atoms with E-state index in [4.69, 9.17) is 5.11 Å². The lowest BCUT2D eigenvalue weighted by molar-refractivity contribution is -0.389. The molecule has 9 nitrogen and oxygen atoms in total. The highest BCUT2D eigenvalue weighted by molar-refractivity contribution is 7.89. The predicted octanol–water partition coefficient (Wildman–Crippen LogP) is 0.0850. The summed E-state index contributed by atoms with van der Waals surface area (Å²) >= 11 is 0. The van der Waals surface area contributed by atoms with Crippen LogP contribution in [0.15, 0.2) is 23.2 Å². The zero-order valence-corrected chi connectivity index (χ0v) is 11.0. The summed E-state index contributed by atoms with van der Waals surface area (Å²) in [5.41, 5.74) is 0. The van der Waals surface area contributed by atoms with E-state index in [0.29, 0.717) is 0 Å². The number of aliphatic carboxylic acids is 1. The molecule has 0 amide bonds. The molecule has 0 saturated carbocycles. The lowest BCUT2D eigenvalue weighted by Gasteiger charge is -2.36. The Labute approximate surface area is 114 Å². The third-order valence-electron chi connectivity index (χ3n) is 2.93. The maximum atomic E-state index is 12.1. The molecule has 1 aromatic heterocycles. The summed E-state index contributed by atoms with van der Waals surface area (Å²) in [5, 5.41) is 19.0. The monoisotopic (exact) mass is 301 g/mol. The van der Waals surface area contributed by atoms with Crippen molar-refractivity contribution in [2.75, 3.05) is 13.1 Å². The van der Waals surface area contributed by atoms with Gasteiger partial charge in [-0.3, -0.25) is 4.79 Å². The first-order valence-electron chi connectivity index (χ1n) is 5.63. The summed E-state index contributed by atoms with van der Waals surface area (Å²) in [7, 11) is -3.76. The SMILES string of the molecule is O=C(O)CC1CN(S(=O)(=O)c2ccc([N+](=O)[O-])nc2)C1. The van der Waals surface area contributed by atoms with Gasteiger partial charge in [-0.25, -0.2) is 8.42 Å². The fourth-order valence-electron chi connectivity index (χ4n) is 1.88. The van der Waals surface area contributed by atoms with E-state index < -0.39 is 26.7 Å². The van der Waals surface area contributed by atoms with Crippen LogP contribution in [-0.4, -0.2) is 46.8 Å². The van der Waals surface area contributed by atoms with Crippen LogP contribution < -0.4 is 0 Å². The summed E-state index contributed by atoms with van der Waals surface area (Å²) < 4.78 is 25.3. The van der Waals surface area contributed by atoms with Gasteiger partial charge in [0.15, 0.2) is 6.20 Å². The molecule has 10 heteroatoms. The molecule has 2 heterocycles. The van der Waals surface area contributed by atoms with Crippen LogP contribution in [0.2, 0.25) is 0 Å². The van der Waals surface area contributed by atoms with E-state index in [-0.39, 0.29) is 30.3 Å². The van der Waals surface area contributed by atoms with E-state index >= 15 is 0 Å². The number of hydrogen-bond acceptors (Lipinski definition) is 6. The van der Waals surface area contributed by atoms with Crippen molar-refractivity contribution < 1.29 is 23.2 Å². The average molecular weight is 301 g/mol. The van der Waals surface area contributed by atoms with Gasteiger partial charge in [0.25, 0.3) is 0 Å². The molecule has 108 valence electrons. The van der Waals surface area contributed by atoms with Crippen LogP contribution in [0, 0.1) is 16.0 Å². The Morgan fingerprint density at radius 2 is 2.15 bits per heavy atom. The van der Waals surface area contributed by atoms with Crippen molar-refractivity contribution in [2.24, 2.45) is 5.92 Å². The number of nitro groups is 1. The van der Waals surface area contributed by atoms with Gasteiger partial charge in [-0.1, -0.05) is 0 Å². The predicted molar refractivity (Wildman–Crippen MR) is 65.4 cm³/mol. The van der Waals surface area contributed by atoms with Crippen LogP contribution in [0.4, 0.5) is 5.82 Å². The van der Waals surface area contributed by atoms with E-state index in [0.717, 1.165) is 22.6 Å². The maximum absolute atomic E-state index is 12.1. The minimum atomic E-state index is -3.76. The third kappa shape index (κ3) is 2.75. The molecule has 0 atom stereocenters. The van der Waals surface area contributed by atoms with Gasteiger partial charge in [-0.05, 0) is 21.9 Å². The molecule has 0 radical (unpaired) electrons. The Kier molecular flexibility index (Phi) is 3.68. The van der Waals surface area contributed by atoms with E-state index in [1.54, 1.807) is 0 Å². The zero-order chi connectivity index (χ0) is 14.9. The Hall–Kier alpha value is -2.07. The molecule has 20 heavy (non-hydrogen) atoms. The van der Waals surface area contributed by atoms with Crippen LogP contribution in [0.3, 0.4) is 0 Å². The first kappa shape index (κ1) is 14.3. The second-order valence-corrected chi connectivity index (χ2v) is 6.33. The molecule has 1 aromatic rings. The Morgan fingerprint density at radius 1 is 1.50 bits per heavy atom. The number of nitrogens with zero attached hydrogens (tertiary/aromatic N) is 3. The van der Waals surface area contributed by atoms with Crippen molar-refractivity contribution in [3.05, 3.63) is 28.4 Å². The number of aromatic nitrogens is 1. The number of carboxylic acid groups (broad SMARTS) is 1. The summed E-state index contributed by atoms with van der Waals surface area (Å²) in [6.07, 6.45) is 0.850. The lowest BCUT2D eigenvalue weighted by atomic mass is 10.00. The Balaban J connectivity index is 2.08. The average Bonchev–Trinajstić information content (AvgIpc) is 2.33. The molecule has 0 spiro atoms. The van der Waals surface area contributed by atoms with Gasteiger partial charge in [-0.15, -0.1) is 0 Å². The molecule has 1 aliphatic heterocycles. The highest BCUT2D eigenvalue weighted by Crippen LogP contribution is 2.27. The largest absolute Gasteiger partial charge is 0.481 e.